The van der Waals surface area contributed by atoms with Gasteiger partial charge in [-0.2, -0.15) is 0 Å². The van der Waals surface area contributed by atoms with Gasteiger partial charge < -0.3 is 14.6 Å². The Morgan fingerprint density at radius 1 is 0.818 bits per heavy atom. The van der Waals surface area contributed by atoms with Crippen molar-refractivity contribution in [2.45, 2.75) is 13.2 Å². The zero-order valence-electron chi connectivity index (χ0n) is 12.8. The second-order valence-electron chi connectivity index (χ2n) is 4.83. The van der Waals surface area contributed by atoms with E-state index >= 15 is 0 Å². The molecule has 0 spiro atoms. The maximum atomic E-state index is 9.24. The quantitative estimate of drug-likeness (QED) is 0.483. The number of rotatable bonds is 6. The molecule has 114 valence electrons. The summed E-state index contributed by atoms with van der Waals surface area (Å²) < 4.78 is 10.3. The summed E-state index contributed by atoms with van der Waals surface area (Å²) in [6.07, 6.45) is 7.32. The van der Waals surface area contributed by atoms with Crippen molar-refractivity contribution in [3.05, 3.63) is 71.5 Å². The van der Waals surface area contributed by atoms with Gasteiger partial charge in [-0.05, 0) is 41.8 Å². The van der Waals surface area contributed by atoms with Gasteiger partial charge in [0.1, 0.15) is 5.75 Å². The van der Waals surface area contributed by atoms with E-state index in [2.05, 4.69) is 0 Å². The zero-order valence-corrected chi connectivity index (χ0v) is 12.8. The zero-order chi connectivity index (χ0) is 15.8. The summed E-state index contributed by atoms with van der Waals surface area (Å²) in [5.74, 6) is 0.276. The molecule has 0 saturated carbocycles. The molecule has 0 aliphatic carbocycles. The Morgan fingerprint density at radius 2 is 1.27 bits per heavy atom. The number of methoxy groups -OCH3 is 1. The topological polar surface area (TPSA) is 38.7 Å². The highest BCUT2D eigenvalue weighted by Gasteiger charge is 1.94. The lowest BCUT2D eigenvalue weighted by atomic mass is 10.1. The summed E-state index contributed by atoms with van der Waals surface area (Å²) in [4.78, 5) is 0. The minimum atomic E-state index is -0.247. The summed E-state index contributed by atoms with van der Waals surface area (Å²) in [6.45, 7) is 1.83. The van der Waals surface area contributed by atoms with Crippen molar-refractivity contribution < 1.29 is 14.6 Å². The maximum absolute atomic E-state index is 9.24. The molecule has 0 heterocycles. The predicted molar refractivity (Wildman–Crippen MR) is 90.1 cm³/mol. The molecule has 22 heavy (non-hydrogen) atoms. The van der Waals surface area contributed by atoms with Crippen LogP contribution in [0.25, 0.3) is 18.2 Å². The maximum Gasteiger partial charge on any atom is 0.195 e. The second kappa shape index (κ2) is 8.05. The third-order valence-electron chi connectivity index (χ3n) is 3.16. The van der Waals surface area contributed by atoms with Crippen LogP contribution in [0.4, 0.5) is 0 Å². The fraction of sp³-hybridized carbons (Fsp3) is 0.158. The number of benzene rings is 2. The third kappa shape index (κ3) is 5.11. The van der Waals surface area contributed by atoms with Gasteiger partial charge in [-0.3, -0.25) is 0 Å². The van der Waals surface area contributed by atoms with Gasteiger partial charge in [0.15, 0.2) is 6.29 Å². The molecule has 0 fully saturated rings. The average molecular weight is 296 g/mol. The minimum absolute atomic E-state index is 0.247. The standard InChI is InChI=1S/C19H20O3/c1-15(21-2)22-14-13-18-7-5-16(6-8-18)3-4-17-9-11-19(20)12-10-17/h3-15,20H,1-2H3. The summed E-state index contributed by atoms with van der Waals surface area (Å²) in [7, 11) is 1.60. The van der Waals surface area contributed by atoms with Crippen LogP contribution in [0.15, 0.2) is 54.8 Å². The van der Waals surface area contributed by atoms with Crippen molar-refractivity contribution in [2.24, 2.45) is 0 Å². The number of aromatic hydroxyl groups is 1. The highest BCUT2D eigenvalue weighted by Crippen LogP contribution is 2.14. The Balaban J connectivity index is 1.95. The lowest BCUT2D eigenvalue weighted by Gasteiger charge is -2.07. The monoisotopic (exact) mass is 296 g/mol. The minimum Gasteiger partial charge on any atom is -0.508 e. The number of phenolic OH excluding ortho intramolecular Hbond substituents is 1. The van der Waals surface area contributed by atoms with E-state index in [0.717, 1.165) is 16.7 Å². The summed E-state index contributed by atoms with van der Waals surface area (Å²) in [5, 5.41) is 9.24. The van der Waals surface area contributed by atoms with Crippen LogP contribution >= 0.6 is 0 Å². The van der Waals surface area contributed by atoms with Crippen molar-refractivity contribution in [2.75, 3.05) is 7.11 Å². The molecule has 2 rings (SSSR count). The molecule has 1 atom stereocenters. The highest BCUT2D eigenvalue weighted by molar-refractivity contribution is 5.70. The van der Waals surface area contributed by atoms with E-state index in [1.807, 2.05) is 61.5 Å². The van der Waals surface area contributed by atoms with Crippen LogP contribution < -0.4 is 0 Å². The molecule has 2 aromatic carbocycles. The fourth-order valence-electron chi connectivity index (χ4n) is 1.78. The van der Waals surface area contributed by atoms with E-state index in [0.29, 0.717) is 0 Å². The molecular weight excluding hydrogens is 276 g/mol. The molecule has 0 aliphatic heterocycles. The fourth-order valence-corrected chi connectivity index (χ4v) is 1.78. The molecule has 0 aromatic heterocycles. The Morgan fingerprint density at radius 3 is 1.77 bits per heavy atom. The summed E-state index contributed by atoms with van der Waals surface area (Å²) in [6, 6.07) is 15.2. The van der Waals surface area contributed by atoms with Gasteiger partial charge in [-0.25, -0.2) is 0 Å². The van der Waals surface area contributed by atoms with E-state index in [4.69, 9.17) is 9.47 Å². The highest BCUT2D eigenvalue weighted by atomic mass is 16.7. The first-order valence-corrected chi connectivity index (χ1v) is 7.09. The van der Waals surface area contributed by atoms with Crippen molar-refractivity contribution in [3.63, 3.8) is 0 Å². The number of hydrogen-bond donors (Lipinski definition) is 1. The Hall–Kier alpha value is -2.52. The molecule has 0 radical (unpaired) electrons. The molecule has 0 bridgehead atoms. The lowest BCUT2D eigenvalue weighted by Crippen LogP contribution is -2.05. The van der Waals surface area contributed by atoms with E-state index in [-0.39, 0.29) is 12.0 Å². The summed E-state index contributed by atoms with van der Waals surface area (Å²) in [5.41, 5.74) is 3.21. The number of hydrogen-bond acceptors (Lipinski definition) is 3. The molecule has 0 saturated heterocycles. The van der Waals surface area contributed by atoms with Gasteiger partial charge in [-0.15, -0.1) is 0 Å². The first kappa shape index (κ1) is 15.9. The van der Waals surface area contributed by atoms with E-state index < -0.39 is 0 Å². The van der Waals surface area contributed by atoms with Crippen molar-refractivity contribution in [3.8, 4) is 5.75 Å². The van der Waals surface area contributed by atoms with Crippen molar-refractivity contribution >= 4 is 18.2 Å². The number of ether oxygens (including phenoxy) is 2. The molecule has 0 aliphatic rings. The molecule has 1 unspecified atom stereocenters. The third-order valence-corrected chi connectivity index (χ3v) is 3.16. The largest absolute Gasteiger partial charge is 0.508 e. The van der Waals surface area contributed by atoms with Crippen LogP contribution in [-0.4, -0.2) is 18.5 Å². The summed E-state index contributed by atoms with van der Waals surface area (Å²) >= 11 is 0. The Bertz CT molecular complexity index is 625. The number of phenols is 1. The molecule has 0 amide bonds. The smallest absolute Gasteiger partial charge is 0.195 e. The predicted octanol–water partition coefficient (Wildman–Crippen LogP) is 4.54. The normalized spacial score (nSPS) is 12.8. The van der Waals surface area contributed by atoms with E-state index in [1.165, 1.54) is 0 Å². The van der Waals surface area contributed by atoms with Crippen LogP contribution in [0.5, 0.6) is 5.75 Å². The van der Waals surface area contributed by atoms with Crippen LogP contribution in [0.2, 0.25) is 0 Å². The molecule has 2 aromatic rings. The van der Waals surface area contributed by atoms with Crippen LogP contribution in [0, 0.1) is 0 Å². The van der Waals surface area contributed by atoms with Gasteiger partial charge >= 0.3 is 0 Å². The Labute approximate surface area is 131 Å². The van der Waals surface area contributed by atoms with Gasteiger partial charge in [0, 0.05) is 7.11 Å². The second-order valence-corrected chi connectivity index (χ2v) is 4.83. The molecule has 1 N–H and O–H groups in total. The van der Waals surface area contributed by atoms with Crippen LogP contribution in [-0.2, 0) is 9.47 Å². The van der Waals surface area contributed by atoms with E-state index in [9.17, 15) is 5.11 Å². The average Bonchev–Trinajstić information content (AvgIpc) is 2.55. The van der Waals surface area contributed by atoms with Crippen LogP contribution in [0.3, 0.4) is 0 Å². The first-order valence-electron chi connectivity index (χ1n) is 7.09. The van der Waals surface area contributed by atoms with Crippen molar-refractivity contribution in [1.29, 1.82) is 0 Å². The molecule has 3 heteroatoms. The molecular formula is C19H20O3. The van der Waals surface area contributed by atoms with Gasteiger partial charge in [0.2, 0.25) is 0 Å². The van der Waals surface area contributed by atoms with E-state index in [1.54, 1.807) is 25.5 Å². The SMILES string of the molecule is COC(C)OC=Cc1ccc(C=Cc2ccc(O)cc2)cc1. The van der Waals surface area contributed by atoms with Gasteiger partial charge in [0.05, 0.1) is 6.26 Å². The first-order chi connectivity index (χ1) is 10.7. The van der Waals surface area contributed by atoms with Gasteiger partial charge in [-0.1, -0.05) is 48.6 Å². The van der Waals surface area contributed by atoms with Crippen LogP contribution in [0.1, 0.15) is 23.6 Å². The van der Waals surface area contributed by atoms with Crippen molar-refractivity contribution in [1.82, 2.24) is 0 Å². The molecule has 3 nitrogen and oxygen atoms in total. The lowest BCUT2D eigenvalue weighted by molar-refractivity contribution is -0.0670. The Kier molecular flexibility index (Phi) is 5.81. The van der Waals surface area contributed by atoms with Gasteiger partial charge in [0.25, 0.3) is 0 Å².